The lowest BCUT2D eigenvalue weighted by Gasteiger charge is -2.22. The third-order valence-electron chi connectivity index (χ3n) is 3.85. The van der Waals surface area contributed by atoms with Crippen LogP contribution in [0.25, 0.3) is 0 Å². The first-order valence-corrected chi connectivity index (χ1v) is 8.61. The minimum absolute atomic E-state index is 0.111. The molecule has 0 heterocycles. The molecule has 144 valence electrons. The first kappa shape index (κ1) is 20.4. The summed E-state index contributed by atoms with van der Waals surface area (Å²) in [5.74, 6) is -2.58. The van der Waals surface area contributed by atoms with Crippen molar-refractivity contribution in [3.05, 3.63) is 59.7 Å². The molecule has 5 nitrogen and oxygen atoms in total. The molecule has 0 aliphatic rings. The summed E-state index contributed by atoms with van der Waals surface area (Å²) < 4.78 is 31.6. The number of anilines is 1. The van der Waals surface area contributed by atoms with Gasteiger partial charge in [-0.15, -0.1) is 0 Å². The number of hydrogen-bond acceptors (Lipinski definition) is 3. The Morgan fingerprint density at radius 2 is 1.70 bits per heavy atom. The standard InChI is InChI=1S/C20H22F2N2O3/c1-4-27-15-8-5-13(6-9-15)19(25)24-18(12(2)3)20(26)23-14-7-10-16(21)17(22)11-14/h5-12,18H,4H2,1-3H3,(H,23,26)(H,24,25)/t18-/m0/s1. The van der Waals surface area contributed by atoms with Gasteiger partial charge >= 0.3 is 0 Å². The van der Waals surface area contributed by atoms with Crippen LogP contribution in [0.2, 0.25) is 0 Å². The Balaban J connectivity index is 2.08. The number of rotatable bonds is 7. The van der Waals surface area contributed by atoms with Crippen molar-refractivity contribution in [1.82, 2.24) is 5.32 Å². The first-order valence-electron chi connectivity index (χ1n) is 8.61. The third kappa shape index (κ3) is 5.51. The fourth-order valence-electron chi connectivity index (χ4n) is 2.42. The van der Waals surface area contributed by atoms with Gasteiger partial charge in [0.25, 0.3) is 5.91 Å². The van der Waals surface area contributed by atoms with Gasteiger partial charge in [0.1, 0.15) is 11.8 Å². The van der Waals surface area contributed by atoms with Crippen molar-refractivity contribution in [2.24, 2.45) is 5.92 Å². The second-order valence-electron chi connectivity index (χ2n) is 6.27. The maximum Gasteiger partial charge on any atom is 0.251 e. The van der Waals surface area contributed by atoms with Crippen LogP contribution in [0.4, 0.5) is 14.5 Å². The third-order valence-corrected chi connectivity index (χ3v) is 3.85. The fourth-order valence-corrected chi connectivity index (χ4v) is 2.42. The quantitative estimate of drug-likeness (QED) is 0.773. The average Bonchev–Trinajstić information content (AvgIpc) is 2.63. The van der Waals surface area contributed by atoms with Crippen LogP contribution in [0, 0.1) is 17.6 Å². The fraction of sp³-hybridized carbons (Fsp3) is 0.300. The first-order chi connectivity index (χ1) is 12.8. The molecule has 2 N–H and O–H groups in total. The molecule has 0 aliphatic heterocycles. The summed E-state index contributed by atoms with van der Waals surface area (Å²) in [6, 6.07) is 8.76. The molecule has 1 atom stereocenters. The normalized spacial score (nSPS) is 11.8. The predicted molar refractivity (Wildman–Crippen MR) is 98.7 cm³/mol. The summed E-state index contributed by atoms with van der Waals surface area (Å²) in [6.07, 6.45) is 0. The van der Waals surface area contributed by atoms with Crippen LogP contribution >= 0.6 is 0 Å². The van der Waals surface area contributed by atoms with Crippen molar-refractivity contribution in [3.63, 3.8) is 0 Å². The SMILES string of the molecule is CCOc1ccc(C(=O)N[C@H](C(=O)Nc2ccc(F)c(F)c2)C(C)C)cc1. The van der Waals surface area contributed by atoms with Crippen molar-refractivity contribution < 1.29 is 23.1 Å². The Morgan fingerprint density at radius 1 is 1.04 bits per heavy atom. The highest BCUT2D eigenvalue weighted by molar-refractivity contribution is 6.01. The second kappa shape index (κ2) is 9.12. The van der Waals surface area contributed by atoms with Gasteiger partial charge in [-0.05, 0) is 49.2 Å². The number of carbonyl (C=O) groups excluding carboxylic acids is 2. The Morgan fingerprint density at radius 3 is 2.26 bits per heavy atom. The predicted octanol–water partition coefficient (Wildman–Crippen LogP) is 3.76. The van der Waals surface area contributed by atoms with E-state index in [1.807, 2.05) is 6.92 Å². The van der Waals surface area contributed by atoms with Crippen LogP contribution in [-0.2, 0) is 4.79 Å². The van der Waals surface area contributed by atoms with Crippen molar-refractivity contribution in [2.75, 3.05) is 11.9 Å². The van der Waals surface area contributed by atoms with Crippen LogP contribution in [0.3, 0.4) is 0 Å². The molecule has 2 aromatic carbocycles. The zero-order chi connectivity index (χ0) is 20.0. The van der Waals surface area contributed by atoms with Gasteiger partial charge in [-0.2, -0.15) is 0 Å². The highest BCUT2D eigenvalue weighted by Crippen LogP contribution is 2.16. The molecule has 0 aliphatic carbocycles. The van der Waals surface area contributed by atoms with Crippen LogP contribution in [0.15, 0.2) is 42.5 Å². The molecule has 0 bridgehead atoms. The molecular formula is C20H22F2N2O3. The summed E-state index contributed by atoms with van der Waals surface area (Å²) in [4.78, 5) is 24.9. The van der Waals surface area contributed by atoms with Crippen molar-refractivity contribution in [3.8, 4) is 5.75 Å². The highest BCUT2D eigenvalue weighted by Gasteiger charge is 2.25. The smallest absolute Gasteiger partial charge is 0.251 e. The van der Waals surface area contributed by atoms with Gasteiger partial charge in [0.05, 0.1) is 6.61 Å². The Labute approximate surface area is 156 Å². The highest BCUT2D eigenvalue weighted by atomic mass is 19.2. The van der Waals surface area contributed by atoms with E-state index in [0.29, 0.717) is 17.9 Å². The zero-order valence-electron chi connectivity index (χ0n) is 15.4. The molecule has 0 radical (unpaired) electrons. The van der Waals surface area contributed by atoms with E-state index >= 15 is 0 Å². The van der Waals surface area contributed by atoms with Crippen molar-refractivity contribution in [1.29, 1.82) is 0 Å². The molecule has 2 aromatic rings. The summed E-state index contributed by atoms with van der Waals surface area (Å²) in [7, 11) is 0. The molecule has 7 heteroatoms. The minimum Gasteiger partial charge on any atom is -0.494 e. The van der Waals surface area contributed by atoms with Crippen molar-refractivity contribution in [2.45, 2.75) is 26.8 Å². The summed E-state index contributed by atoms with van der Waals surface area (Å²) in [5.41, 5.74) is 0.490. The lowest BCUT2D eigenvalue weighted by atomic mass is 10.0. The number of benzene rings is 2. The Bertz CT molecular complexity index is 807. The lowest BCUT2D eigenvalue weighted by Crippen LogP contribution is -2.47. The summed E-state index contributed by atoms with van der Waals surface area (Å²) in [5, 5.41) is 5.16. The van der Waals surface area contributed by atoms with E-state index in [1.54, 1.807) is 38.1 Å². The lowest BCUT2D eigenvalue weighted by molar-refractivity contribution is -0.118. The Hall–Kier alpha value is -2.96. The largest absolute Gasteiger partial charge is 0.494 e. The molecule has 27 heavy (non-hydrogen) atoms. The van der Waals surface area contributed by atoms with Gasteiger partial charge in [-0.3, -0.25) is 9.59 Å². The average molecular weight is 376 g/mol. The van der Waals surface area contributed by atoms with E-state index in [4.69, 9.17) is 4.74 Å². The van der Waals surface area contributed by atoms with Gasteiger partial charge in [0, 0.05) is 17.3 Å². The molecule has 0 fully saturated rings. The monoisotopic (exact) mass is 376 g/mol. The van der Waals surface area contributed by atoms with Gasteiger partial charge in [-0.1, -0.05) is 13.8 Å². The Kier molecular flexibility index (Phi) is 6.87. The van der Waals surface area contributed by atoms with E-state index < -0.39 is 29.5 Å². The van der Waals surface area contributed by atoms with E-state index in [1.165, 1.54) is 6.07 Å². The van der Waals surface area contributed by atoms with Gasteiger partial charge in [0.2, 0.25) is 5.91 Å². The second-order valence-corrected chi connectivity index (χ2v) is 6.27. The van der Waals surface area contributed by atoms with Crippen LogP contribution in [-0.4, -0.2) is 24.5 Å². The van der Waals surface area contributed by atoms with Crippen LogP contribution < -0.4 is 15.4 Å². The minimum atomic E-state index is -1.06. The van der Waals surface area contributed by atoms with E-state index in [0.717, 1.165) is 12.1 Å². The number of carbonyl (C=O) groups is 2. The summed E-state index contributed by atoms with van der Waals surface area (Å²) >= 11 is 0. The maximum atomic E-state index is 13.3. The van der Waals surface area contributed by atoms with Crippen LogP contribution in [0.1, 0.15) is 31.1 Å². The molecule has 2 rings (SSSR count). The topological polar surface area (TPSA) is 67.4 Å². The van der Waals surface area contributed by atoms with Crippen molar-refractivity contribution >= 4 is 17.5 Å². The molecule has 0 unspecified atom stereocenters. The molecule has 0 aromatic heterocycles. The number of amides is 2. The van der Waals surface area contributed by atoms with E-state index in [2.05, 4.69) is 10.6 Å². The number of halogens is 2. The zero-order valence-corrected chi connectivity index (χ0v) is 15.4. The van der Waals surface area contributed by atoms with Gasteiger partial charge in [-0.25, -0.2) is 8.78 Å². The molecule has 0 saturated heterocycles. The molecule has 0 saturated carbocycles. The number of nitrogens with one attached hydrogen (secondary N) is 2. The molecule has 2 amide bonds. The number of hydrogen-bond donors (Lipinski definition) is 2. The van der Waals surface area contributed by atoms with E-state index in [-0.39, 0.29) is 11.6 Å². The van der Waals surface area contributed by atoms with Gasteiger partial charge in [0.15, 0.2) is 11.6 Å². The number of ether oxygens (including phenoxy) is 1. The van der Waals surface area contributed by atoms with Crippen LogP contribution in [0.5, 0.6) is 5.75 Å². The molecular weight excluding hydrogens is 354 g/mol. The summed E-state index contributed by atoms with van der Waals surface area (Å²) in [6.45, 7) is 5.92. The van der Waals surface area contributed by atoms with Gasteiger partial charge < -0.3 is 15.4 Å². The van der Waals surface area contributed by atoms with E-state index in [9.17, 15) is 18.4 Å². The maximum absolute atomic E-state index is 13.3. The molecule has 0 spiro atoms.